The molecule has 0 saturated carbocycles. The molecule has 26 heavy (non-hydrogen) atoms. The van der Waals surface area contributed by atoms with Crippen LogP contribution in [0.2, 0.25) is 0 Å². The number of hydrogen-bond donors (Lipinski definition) is 0. The maximum atomic E-state index is 12.4. The van der Waals surface area contributed by atoms with Gasteiger partial charge in [0.2, 0.25) is 0 Å². The van der Waals surface area contributed by atoms with Crippen LogP contribution in [0.3, 0.4) is 0 Å². The molecular weight excluding hydrogens is 348 g/mol. The second-order valence-corrected chi connectivity index (χ2v) is 6.56. The highest BCUT2D eigenvalue weighted by atomic mass is 32.2. The van der Waals surface area contributed by atoms with Crippen LogP contribution < -0.4 is 0 Å². The Morgan fingerprint density at radius 1 is 1.12 bits per heavy atom. The molecule has 0 aliphatic rings. The third-order valence-electron chi connectivity index (χ3n) is 3.81. The number of thioether (sulfide) groups is 1. The van der Waals surface area contributed by atoms with E-state index in [1.807, 2.05) is 47.0 Å². The van der Waals surface area contributed by atoms with Crippen molar-refractivity contribution >= 4 is 17.5 Å². The fourth-order valence-corrected chi connectivity index (χ4v) is 3.38. The van der Waals surface area contributed by atoms with Gasteiger partial charge in [0, 0.05) is 43.8 Å². The van der Waals surface area contributed by atoms with Crippen molar-refractivity contribution in [2.45, 2.75) is 18.1 Å². The van der Waals surface area contributed by atoms with E-state index in [-0.39, 0.29) is 5.78 Å². The number of rotatable bonds is 9. The molecule has 134 valence electrons. The SMILES string of the molecule is COCCCn1c(SCC(=O)c2ccccc2)nnc1-c1ccncc1. The van der Waals surface area contributed by atoms with Crippen LogP contribution in [0.5, 0.6) is 0 Å². The largest absolute Gasteiger partial charge is 0.385 e. The van der Waals surface area contributed by atoms with E-state index < -0.39 is 0 Å². The Hall–Kier alpha value is -2.51. The first kappa shape index (κ1) is 18.3. The van der Waals surface area contributed by atoms with Gasteiger partial charge in [-0.05, 0) is 18.6 Å². The molecule has 0 N–H and O–H groups in total. The Morgan fingerprint density at radius 3 is 2.62 bits per heavy atom. The van der Waals surface area contributed by atoms with E-state index in [0.29, 0.717) is 17.9 Å². The standard InChI is InChI=1S/C19H20N4O2S/c1-25-13-5-12-23-18(16-8-10-20-11-9-16)21-22-19(23)26-14-17(24)15-6-3-2-4-7-15/h2-4,6-11H,5,12-14H2,1H3. The summed E-state index contributed by atoms with van der Waals surface area (Å²) >= 11 is 1.41. The number of hydrogen-bond acceptors (Lipinski definition) is 6. The number of methoxy groups -OCH3 is 1. The van der Waals surface area contributed by atoms with Crippen molar-refractivity contribution < 1.29 is 9.53 Å². The predicted molar refractivity (Wildman–Crippen MR) is 101 cm³/mol. The van der Waals surface area contributed by atoms with E-state index in [4.69, 9.17) is 4.74 Å². The molecule has 0 radical (unpaired) electrons. The van der Waals surface area contributed by atoms with Gasteiger partial charge in [-0.3, -0.25) is 9.78 Å². The molecule has 0 bridgehead atoms. The number of carbonyl (C=O) groups is 1. The minimum absolute atomic E-state index is 0.0764. The van der Waals surface area contributed by atoms with E-state index in [1.165, 1.54) is 11.8 Å². The highest BCUT2D eigenvalue weighted by Gasteiger charge is 2.16. The number of ether oxygens (including phenoxy) is 1. The molecule has 2 aromatic heterocycles. The summed E-state index contributed by atoms with van der Waals surface area (Å²) in [6.45, 7) is 1.38. The average Bonchev–Trinajstić information content (AvgIpc) is 3.10. The molecule has 0 atom stereocenters. The number of Topliss-reactive ketones (excluding diaryl/α,β-unsaturated/α-hetero) is 1. The number of ketones is 1. The molecular formula is C19H20N4O2S. The molecule has 1 aromatic carbocycles. The fourth-order valence-electron chi connectivity index (χ4n) is 2.52. The Kier molecular flexibility index (Phi) is 6.51. The van der Waals surface area contributed by atoms with Crippen molar-refractivity contribution in [3.63, 3.8) is 0 Å². The Bertz CT molecular complexity index is 837. The topological polar surface area (TPSA) is 69.9 Å². The lowest BCUT2D eigenvalue weighted by Crippen LogP contribution is -2.07. The van der Waals surface area contributed by atoms with Gasteiger partial charge in [0.15, 0.2) is 16.8 Å². The third-order valence-corrected chi connectivity index (χ3v) is 4.78. The van der Waals surface area contributed by atoms with Crippen LogP contribution in [-0.2, 0) is 11.3 Å². The molecule has 2 heterocycles. The van der Waals surface area contributed by atoms with Crippen LogP contribution in [0.4, 0.5) is 0 Å². The van der Waals surface area contributed by atoms with Gasteiger partial charge in [-0.1, -0.05) is 42.1 Å². The summed E-state index contributed by atoms with van der Waals surface area (Å²) in [6, 6.07) is 13.1. The third kappa shape index (κ3) is 4.56. The summed E-state index contributed by atoms with van der Waals surface area (Å²) in [7, 11) is 1.68. The number of nitrogens with zero attached hydrogens (tertiary/aromatic N) is 4. The van der Waals surface area contributed by atoms with Gasteiger partial charge < -0.3 is 9.30 Å². The van der Waals surface area contributed by atoms with Gasteiger partial charge in [-0.25, -0.2) is 0 Å². The van der Waals surface area contributed by atoms with Gasteiger partial charge in [-0.2, -0.15) is 0 Å². The predicted octanol–water partition coefficient (Wildman–Crippen LogP) is 3.35. The first-order chi connectivity index (χ1) is 12.8. The summed E-state index contributed by atoms with van der Waals surface area (Å²) in [6.07, 6.45) is 4.30. The van der Waals surface area contributed by atoms with Crippen molar-refractivity contribution in [3.8, 4) is 11.4 Å². The van der Waals surface area contributed by atoms with E-state index in [9.17, 15) is 4.79 Å². The quantitative estimate of drug-likeness (QED) is 0.328. The van der Waals surface area contributed by atoms with Crippen molar-refractivity contribution in [1.82, 2.24) is 19.7 Å². The van der Waals surface area contributed by atoms with Crippen LogP contribution in [0, 0.1) is 0 Å². The van der Waals surface area contributed by atoms with Crippen molar-refractivity contribution in [2.75, 3.05) is 19.5 Å². The smallest absolute Gasteiger partial charge is 0.191 e. The summed E-state index contributed by atoms with van der Waals surface area (Å²) in [5.74, 6) is 1.17. The Labute approximate surface area is 156 Å². The number of carbonyl (C=O) groups excluding carboxylic acids is 1. The lowest BCUT2D eigenvalue weighted by molar-refractivity contribution is 0.102. The Morgan fingerprint density at radius 2 is 1.88 bits per heavy atom. The molecule has 3 rings (SSSR count). The van der Waals surface area contributed by atoms with Crippen LogP contribution in [0.15, 0.2) is 60.0 Å². The van der Waals surface area contributed by atoms with Crippen LogP contribution in [-0.4, -0.2) is 45.0 Å². The molecule has 3 aromatic rings. The van der Waals surface area contributed by atoms with Crippen LogP contribution in [0.25, 0.3) is 11.4 Å². The molecule has 6 nitrogen and oxygen atoms in total. The molecule has 7 heteroatoms. The van der Waals surface area contributed by atoms with Gasteiger partial charge in [0.05, 0.1) is 5.75 Å². The summed E-state index contributed by atoms with van der Waals surface area (Å²) in [5.41, 5.74) is 1.66. The van der Waals surface area contributed by atoms with E-state index in [2.05, 4.69) is 15.2 Å². The molecule has 0 aliphatic carbocycles. The van der Waals surface area contributed by atoms with Gasteiger partial charge in [0.25, 0.3) is 0 Å². The highest BCUT2D eigenvalue weighted by molar-refractivity contribution is 7.99. The molecule has 0 saturated heterocycles. The molecule has 0 aliphatic heterocycles. The maximum Gasteiger partial charge on any atom is 0.191 e. The van der Waals surface area contributed by atoms with Crippen molar-refractivity contribution in [2.24, 2.45) is 0 Å². The first-order valence-corrected chi connectivity index (χ1v) is 9.31. The second-order valence-electron chi connectivity index (χ2n) is 5.62. The molecule has 0 unspecified atom stereocenters. The number of aromatic nitrogens is 4. The molecule has 0 spiro atoms. The lowest BCUT2D eigenvalue weighted by atomic mass is 10.2. The second kappa shape index (κ2) is 9.26. The molecule has 0 fully saturated rings. The minimum Gasteiger partial charge on any atom is -0.385 e. The summed E-state index contributed by atoms with van der Waals surface area (Å²) < 4.78 is 7.20. The average molecular weight is 368 g/mol. The van der Waals surface area contributed by atoms with Gasteiger partial charge in [-0.15, -0.1) is 10.2 Å². The number of pyridine rings is 1. The first-order valence-electron chi connectivity index (χ1n) is 8.33. The van der Waals surface area contributed by atoms with Crippen molar-refractivity contribution in [3.05, 3.63) is 60.4 Å². The summed E-state index contributed by atoms with van der Waals surface area (Å²) in [5, 5.41) is 9.36. The van der Waals surface area contributed by atoms with E-state index in [1.54, 1.807) is 19.5 Å². The van der Waals surface area contributed by atoms with E-state index in [0.717, 1.165) is 29.5 Å². The number of benzene rings is 1. The zero-order valence-electron chi connectivity index (χ0n) is 14.5. The Balaban J connectivity index is 1.77. The van der Waals surface area contributed by atoms with Crippen LogP contribution in [0.1, 0.15) is 16.8 Å². The monoisotopic (exact) mass is 368 g/mol. The zero-order chi connectivity index (χ0) is 18.2. The summed E-state index contributed by atoms with van der Waals surface area (Å²) in [4.78, 5) is 16.4. The van der Waals surface area contributed by atoms with Gasteiger partial charge in [0.1, 0.15) is 0 Å². The van der Waals surface area contributed by atoms with Gasteiger partial charge >= 0.3 is 0 Å². The van der Waals surface area contributed by atoms with Crippen LogP contribution >= 0.6 is 11.8 Å². The van der Waals surface area contributed by atoms with Crippen molar-refractivity contribution in [1.29, 1.82) is 0 Å². The lowest BCUT2D eigenvalue weighted by Gasteiger charge is -2.09. The zero-order valence-corrected chi connectivity index (χ0v) is 15.4. The fraction of sp³-hybridized carbons (Fsp3) is 0.263. The highest BCUT2D eigenvalue weighted by Crippen LogP contribution is 2.24. The minimum atomic E-state index is 0.0764. The normalized spacial score (nSPS) is 10.8. The molecule has 0 amide bonds. The maximum absolute atomic E-state index is 12.4. The van der Waals surface area contributed by atoms with E-state index >= 15 is 0 Å².